The van der Waals surface area contributed by atoms with Gasteiger partial charge in [-0.15, -0.1) is 0 Å². The lowest BCUT2D eigenvalue weighted by Gasteiger charge is -2.23. The zero-order valence-corrected chi connectivity index (χ0v) is 13.6. The summed E-state index contributed by atoms with van der Waals surface area (Å²) in [5.74, 6) is 0.261. The van der Waals surface area contributed by atoms with E-state index < -0.39 is 9.84 Å². The van der Waals surface area contributed by atoms with Gasteiger partial charge >= 0.3 is 0 Å². The summed E-state index contributed by atoms with van der Waals surface area (Å²) in [5, 5.41) is 7.01. The minimum Gasteiger partial charge on any atom is -0.298 e. The topological polar surface area (TPSA) is 66.1 Å². The molecule has 0 aromatic carbocycles. The third-order valence-corrected chi connectivity index (χ3v) is 6.23. The van der Waals surface area contributed by atoms with Crippen LogP contribution in [0.4, 0.5) is 0 Å². The number of aromatic amines is 1. The second-order valence-corrected chi connectivity index (χ2v) is 9.30. The molecule has 1 aliphatic rings. The van der Waals surface area contributed by atoms with Crippen LogP contribution in [0.25, 0.3) is 0 Å². The first-order valence-electron chi connectivity index (χ1n) is 7.17. The molecule has 1 N–H and O–H groups in total. The van der Waals surface area contributed by atoms with E-state index >= 15 is 0 Å². The van der Waals surface area contributed by atoms with Crippen molar-refractivity contribution in [3.8, 4) is 0 Å². The van der Waals surface area contributed by atoms with Crippen LogP contribution in [-0.2, 0) is 21.8 Å². The largest absolute Gasteiger partial charge is 0.298 e. The summed E-state index contributed by atoms with van der Waals surface area (Å²) >= 11 is 0. The Morgan fingerprint density at radius 1 is 1.40 bits per heavy atom. The van der Waals surface area contributed by atoms with Gasteiger partial charge in [0.1, 0.15) is 0 Å². The number of sulfone groups is 1. The molecule has 1 aromatic heterocycles. The van der Waals surface area contributed by atoms with Gasteiger partial charge in [-0.25, -0.2) is 8.42 Å². The van der Waals surface area contributed by atoms with Crippen molar-refractivity contribution >= 4 is 9.84 Å². The Morgan fingerprint density at radius 3 is 2.75 bits per heavy atom. The summed E-state index contributed by atoms with van der Waals surface area (Å²) < 4.78 is 23.9. The molecule has 1 aliphatic heterocycles. The molecular weight excluding hydrogens is 274 g/mol. The molecular formula is C14H25N3O2S. The summed E-state index contributed by atoms with van der Waals surface area (Å²) in [6, 6.07) is 0. The van der Waals surface area contributed by atoms with Crippen molar-refractivity contribution in [3.63, 3.8) is 0 Å². The number of rotatable bonds is 2. The molecule has 1 fully saturated rings. The number of hydrogen-bond donors (Lipinski definition) is 1. The van der Waals surface area contributed by atoms with Gasteiger partial charge in [-0.3, -0.25) is 10.00 Å². The molecule has 0 aliphatic carbocycles. The summed E-state index contributed by atoms with van der Waals surface area (Å²) in [7, 11) is -2.91. The highest BCUT2D eigenvalue weighted by atomic mass is 32.2. The van der Waals surface area contributed by atoms with Crippen LogP contribution in [0, 0.1) is 0 Å². The van der Waals surface area contributed by atoms with Crippen molar-refractivity contribution in [3.05, 3.63) is 17.5 Å². The molecule has 5 nitrogen and oxygen atoms in total. The second kappa shape index (κ2) is 5.48. The molecule has 0 saturated carbocycles. The Labute approximate surface area is 121 Å². The fourth-order valence-corrected chi connectivity index (χ4v) is 3.97. The van der Waals surface area contributed by atoms with Gasteiger partial charge in [0.15, 0.2) is 9.84 Å². The molecule has 0 unspecified atom stereocenters. The van der Waals surface area contributed by atoms with Crippen molar-refractivity contribution in [2.75, 3.05) is 18.8 Å². The van der Waals surface area contributed by atoms with E-state index in [-0.39, 0.29) is 16.4 Å². The van der Waals surface area contributed by atoms with Gasteiger partial charge in [0, 0.05) is 29.8 Å². The Kier molecular flexibility index (Phi) is 4.25. The lowest BCUT2D eigenvalue weighted by molar-refractivity contribution is 0.281. The first-order valence-corrected chi connectivity index (χ1v) is 8.88. The predicted molar refractivity (Wildman–Crippen MR) is 80.4 cm³/mol. The molecule has 114 valence electrons. The first kappa shape index (κ1) is 15.5. The maximum atomic E-state index is 11.9. The van der Waals surface area contributed by atoms with Crippen molar-refractivity contribution < 1.29 is 8.42 Å². The van der Waals surface area contributed by atoms with Crippen LogP contribution >= 0.6 is 0 Å². The highest BCUT2D eigenvalue weighted by molar-refractivity contribution is 7.92. The molecule has 6 heteroatoms. The minimum absolute atomic E-state index is 0.0249. The van der Waals surface area contributed by atoms with Crippen LogP contribution in [0.1, 0.15) is 45.4 Å². The van der Waals surface area contributed by atoms with E-state index in [1.165, 1.54) is 5.56 Å². The average molecular weight is 299 g/mol. The monoisotopic (exact) mass is 299 g/mol. The number of aromatic nitrogens is 2. The van der Waals surface area contributed by atoms with Gasteiger partial charge < -0.3 is 0 Å². The number of H-pyrrole nitrogens is 1. The third-order valence-electron chi connectivity index (χ3n) is 4.02. The Bertz CT molecular complexity index is 557. The van der Waals surface area contributed by atoms with E-state index in [1.54, 1.807) is 0 Å². The molecule has 2 rings (SSSR count). The lowest BCUT2D eigenvalue weighted by Crippen LogP contribution is -2.28. The van der Waals surface area contributed by atoms with Gasteiger partial charge in [-0.2, -0.15) is 5.10 Å². The molecule has 1 saturated heterocycles. The second-order valence-electron chi connectivity index (χ2n) is 6.76. The fraction of sp³-hybridized carbons (Fsp3) is 0.786. The Balaban J connectivity index is 2.10. The van der Waals surface area contributed by atoms with E-state index in [0.717, 1.165) is 18.8 Å². The van der Waals surface area contributed by atoms with E-state index in [0.29, 0.717) is 13.0 Å². The maximum absolute atomic E-state index is 11.9. The van der Waals surface area contributed by atoms with Crippen LogP contribution in [0.15, 0.2) is 6.20 Å². The number of hydrogen-bond acceptors (Lipinski definition) is 4. The van der Waals surface area contributed by atoms with Gasteiger partial charge in [0.25, 0.3) is 0 Å². The van der Waals surface area contributed by atoms with Gasteiger partial charge in [-0.1, -0.05) is 20.8 Å². The van der Waals surface area contributed by atoms with E-state index in [2.05, 4.69) is 35.9 Å². The number of nitrogens with zero attached hydrogens (tertiary/aromatic N) is 2. The van der Waals surface area contributed by atoms with Crippen LogP contribution in [0.2, 0.25) is 0 Å². The zero-order valence-electron chi connectivity index (χ0n) is 12.8. The van der Waals surface area contributed by atoms with E-state index in [1.807, 2.05) is 13.1 Å². The highest BCUT2D eigenvalue weighted by Crippen LogP contribution is 2.25. The first-order chi connectivity index (χ1) is 9.20. The van der Waals surface area contributed by atoms with Gasteiger partial charge in [0.2, 0.25) is 0 Å². The zero-order chi connectivity index (χ0) is 15.0. The molecule has 1 aromatic rings. The van der Waals surface area contributed by atoms with E-state index in [9.17, 15) is 8.42 Å². The summed E-state index contributed by atoms with van der Waals surface area (Å²) in [4.78, 5) is 2.22. The smallest absolute Gasteiger partial charge is 0.154 e. The van der Waals surface area contributed by atoms with Gasteiger partial charge in [-0.05, 0) is 19.9 Å². The molecule has 0 amide bonds. The van der Waals surface area contributed by atoms with Crippen molar-refractivity contribution in [1.29, 1.82) is 0 Å². The SMILES string of the molecule is C[C@H]1CCN(Cc2cn[nH]c2C(C)(C)C)CCS1(=O)=O. The van der Waals surface area contributed by atoms with Crippen molar-refractivity contribution in [1.82, 2.24) is 15.1 Å². The molecule has 0 spiro atoms. The van der Waals surface area contributed by atoms with Crippen LogP contribution < -0.4 is 0 Å². The van der Waals surface area contributed by atoms with Crippen molar-refractivity contribution in [2.24, 2.45) is 0 Å². The molecule has 20 heavy (non-hydrogen) atoms. The number of nitrogens with one attached hydrogen (secondary N) is 1. The summed E-state index contributed by atoms with van der Waals surface area (Å²) in [5.41, 5.74) is 2.33. The Hall–Kier alpha value is -0.880. The minimum atomic E-state index is -2.91. The highest BCUT2D eigenvalue weighted by Gasteiger charge is 2.27. The normalized spacial score (nSPS) is 24.5. The van der Waals surface area contributed by atoms with Crippen LogP contribution in [0.3, 0.4) is 0 Å². The van der Waals surface area contributed by atoms with E-state index in [4.69, 9.17) is 0 Å². The van der Waals surface area contributed by atoms with Crippen molar-refractivity contribution in [2.45, 2.75) is 51.3 Å². The third kappa shape index (κ3) is 3.41. The summed E-state index contributed by atoms with van der Waals surface area (Å²) in [6.07, 6.45) is 2.58. The molecule has 1 atom stereocenters. The molecule has 2 heterocycles. The van der Waals surface area contributed by atoms with Crippen LogP contribution in [0.5, 0.6) is 0 Å². The standard InChI is InChI=1S/C14H25N3O2S/c1-11-5-6-17(7-8-20(11,18)19)10-12-9-15-16-13(12)14(2,3)4/h9,11H,5-8,10H2,1-4H3,(H,15,16)/t11-/m0/s1. The summed E-state index contributed by atoms with van der Waals surface area (Å²) in [6.45, 7) is 10.5. The lowest BCUT2D eigenvalue weighted by atomic mass is 9.89. The average Bonchev–Trinajstić information content (AvgIpc) is 2.75. The molecule has 0 bridgehead atoms. The van der Waals surface area contributed by atoms with Gasteiger partial charge in [0.05, 0.1) is 17.2 Å². The maximum Gasteiger partial charge on any atom is 0.154 e. The molecule has 0 radical (unpaired) electrons. The quantitative estimate of drug-likeness (QED) is 0.903. The predicted octanol–water partition coefficient (Wildman–Crippen LogP) is 1.72. The van der Waals surface area contributed by atoms with Crippen LogP contribution in [-0.4, -0.2) is 47.6 Å². The Morgan fingerprint density at radius 2 is 2.10 bits per heavy atom. The fourth-order valence-electron chi connectivity index (χ4n) is 2.59.